The average molecular weight is 526 g/mol. The highest BCUT2D eigenvalue weighted by atomic mass is 32.2. The number of ether oxygens (including phenoxy) is 3. The molecule has 0 unspecified atom stereocenters. The lowest BCUT2D eigenvalue weighted by molar-refractivity contribution is -0.112. The molecule has 36 heavy (non-hydrogen) atoms. The lowest BCUT2D eigenvalue weighted by Gasteiger charge is -2.20. The molecule has 0 aliphatic carbocycles. The van der Waals surface area contributed by atoms with Crippen LogP contribution >= 0.6 is 11.8 Å². The number of thioether (sulfide) groups is 1. The van der Waals surface area contributed by atoms with Gasteiger partial charge in [0.2, 0.25) is 0 Å². The molecule has 0 radical (unpaired) electrons. The number of aryl methyl sites for hydroxylation is 2. The molecule has 1 amide bonds. The van der Waals surface area contributed by atoms with Crippen molar-refractivity contribution in [2.45, 2.75) is 29.4 Å². The Morgan fingerprint density at radius 1 is 0.917 bits per heavy atom. The average Bonchev–Trinajstić information content (AvgIpc) is 2.86. The van der Waals surface area contributed by atoms with E-state index in [4.69, 9.17) is 14.2 Å². The van der Waals surface area contributed by atoms with Gasteiger partial charge in [-0.1, -0.05) is 30.0 Å². The van der Waals surface area contributed by atoms with E-state index in [1.54, 1.807) is 37.5 Å². The minimum Gasteiger partial charge on any atom is -0.496 e. The molecule has 0 saturated carbocycles. The predicted molar refractivity (Wildman–Crippen MR) is 142 cm³/mol. The summed E-state index contributed by atoms with van der Waals surface area (Å²) in [5.41, 5.74) is 3.80. The molecule has 1 heterocycles. The molecule has 0 atom stereocenters. The van der Waals surface area contributed by atoms with Crippen LogP contribution in [0, 0.1) is 13.8 Å². The molecule has 3 aromatic carbocycles. The fourth-order valence-electron chi connectivity index (χ4n) is 3.98. The van der Waals surface area contributed by atoms with E-state index in [1.807, 2.05) is 32.0 Å². The number of carbonyl (C=O) groups excluding carboxylic acids is 1. The minimum atomic E-state index is -3.61. The zero-order valence-electron chi connectivity index (χ0n) is 20.7. The topological polar surface area (TPSA) is 90.9 Å². The van der Waals surface area contributed by atoms with Crippen LogP contribution in [0.3, 0.4) is 0 Å². The Kier molecular flexibility index (Phi) is 7.33. The summed E-state index contributed by atoms with van der Waals surface area (Å²) in [6.45, 7) is 3.82. The van der Waals surface area contributed by atoms with Crippen molar-refractivity contribution in [2.24, 2.45) is 0 Å². The first-order valence-corrected chi connectivity index (χ1v) is 13.6. The first kappa shape index (κ1) is 25.7. The lowest BCUT2D eigenvalue weighted by Crippen LogP contribution is -2.18. The summed E-state index contributed by atoms with van der Waals surface area (Å²) in [5.74, 6) is 1.10. The highest BCUT2D eigenvalue weighted by Gasteiger charge is 2.26. The third-order valence-corrected chi connectivity index (χ3v) is 8.73. The second-order valence-corrected chi connectivity index (χ2v) is 11.4. The summed E-state index contributed by atoms with van der Waals surface area (Å²) >= 11 is 1.19. The number of sulfone groups is 1. The molecule has 0 spiro atoms. The van der Waals surface area contributed by atoms with Gasteiger partial charge in [0.25, 0.3) is 5.91 Å². The Labute approximate surface area is 215 Å². The van der Waals surface area contributed by atoms with Crippen LogP contribution in [0.15, 0.2) is 63.2 Å². The van der Waals surface area contributed by atoms with Crippen molar-refractivity contribution in [3.05, 3.63) is 75.7 Å². The van der Waals surface area contributed by atoms with Gasteiger partial charge >= 0.3 is 0 Å². The molecule has 4 rings (SSSR count). The van der Waals surface area contributed by atoms with E-state index in [9.17, 15) is 13.2 Å². The molecule has 0 aromatic heterocycles. The van der Waals surface area contributed by atoms with Crippen molar-refractivity contribution in [1.29, 1.82) is 0 Å². The van der Waals surface area contributed by atoms with E-state index in [1.165, 1.54) is 32.0 Å². The van der Waals surface area contributed by atoms with Crippen molar-refractivity contribution in [3.63, 3.8) is 0 Å². The van der Waals surface area contributed by atoms with Gasteiger partial charge in [0.15, 0.2) is 9.84 Å². The van der Waals surface area contributed by atoms with Gasteiger partial charge in [0.1, 0.15) is 17.2 Å². The first-order chi connectivity index (χ1) is 17.2. The summed E-state index contributed by atoms with van der Waals surface area (Å²) < 4.78 is 42.9. The number of hydrogen-bond acceptors (Lipinski definition) is 7. The third-order valence-electron chi connectivity index (χ3n) is 6.01. The molecular formula is C27H27NO6S2. The standard InChI is InChI=1S/C27H27NO6S2/c1-16-7-6-8-17(2)21(16)15-36(30,31)19-9-10-22-25(13-19)35-26(27(29)28-22)14-20-23(33-4)11-18(32-3)12-24(20)34-5/h6-14H,15H2,1-5H3,(H,28,29)/b26-14+. The van der Waals surface area contributed by atoms with E-state index in [2.05, 4.69) is 5.32 Å². The molecule has 0 fully saturated rings. The SMILES string of the molecule is COc1cc(OC)c(/C=C2/Sc3cc(S(=O)(=O)Cc4c(C)cccc4C)ccc3NC2=O)c(OC)c1. The van der Waals surface area contributed by atoms with Gasteiger partial charge in [-0.05, 0) is 54.8 Å². The van der Waals surface area contributed by atoms with Crippen molar-refractivity contribution in [1.82, 2.24) is 0 Å². The Morgan fingerprint density at radius 3 is 2.14 bits per heavy atom. The van der Waals surface area contributed by atoms with Crippen LogP contribution in [-0.4, -0.2) is 35.7 Å². The van der Waals surface area contributed by atoms with E-state index >= 15 is 0 Å². The van der Waals surface area contributed by atoms with Crippen molar-refractivity contribution < 1.29 is 27.4 Å². The largest absolute Gasteiger partial charge is 0.496 e. The molecule has 1 aliphatic heterocycles. The van der Waals surface area contributed by atoms with Gasteiger partial charge in [0, 0.05) is 17.0 Å². The zero-order valence-corrected chi connectivity index (χ0v) is 22.3. The normalized spacial score (nSPS) is 14.2. The number of benzene rings is 3. The van der Waals surface area contributed by atoms with Crippen molar-refractivity contribution in [3.8, 4) is 17.2 Å². The maximum Gasteiger partial charge on any atom is 0.262 e. The van der Waals surface area contributed by atoms with Crippen LogP contribution in [0.4, 0.5) is 5.69 Å². The third kappa shape index (κ3) is 5.08. The molecule has 3 aromatic rings. The highest BCUT2D eigenvalue weighted by Crippen LogP contribution is 2.43. The zero-order chi connectivity index (χ0) is 26.0. The number of rotatable bonds is 7. The van der Waals surface area contributed by atoms with E-state index in [0.717, 1.165) is 16.7 Å². The summed E-state index contributed by atoms with van der Waals surface area (Å²) in [7, 11) is 0.973. The number of nitrogens with one attached hydrogen (secondary N) is 1. The lowest BCUT2D eigenvalue weighted by atomic mass is 10.1. The maximum absolute atomic E-state index is 13.3. The molecule has 1 N–H and O–H groups in total. The number of carbonyl (C=O) groups is 1. The second kappa shape index (κ2) is 10.3. The fraction of sp³-hybridized carbons (Fsp3) is 0.222. The molecule has 0 saturated heterocycles. The number of hydrogen-bond donors (Lipinski definition) is 1. The number of amides is 1. The predicted octanol–water partition coefficient (Wildman–Crippen LogP) is 5.39. The molecule has 7 nitrogen and oxygen atoms in total. The van der Waals surface area contributed by atoms with Crippen LogP contribution < -0.4 is 19.5 Å². The van der Waals surface area contributed by atoms with E-state index in [0.29, 0.717) is 38.3 Å². The number of anilines is 1. The Bertz CT molecular complexity index is 1430. The smallest absolute Gasteiger partial charge is 0.262 e. The quantitative estimate of drug-likeness (QED) is 0.414. The maximum atomic E-state index is 13.3. The van der Waals surface area contributed by atoms with E-state index < -0.39 is 9.84 Å². The van der Waals surface area contributed by atoms with Gasteiger partial charge in [-0.25, -0.2) is 8.42 Å². The van der Waals surface area contributed by atoms with Crippen molar-refractivity contribution >= 4 is 39.3 Å². The van der Waals surface area contributed by atoms with Gasteiger partial charge in [0.05, 0.1) is 48.1 Å². The van der Waals surface area contributed by atoms with Gasteiger partial charge < -0.3 is 19.5 Å². The summed E-state index contributed by atoms with van der Waals surface area (Å²) in [5, 5.41) is 2.85. The fourth-order valence-corrected chi connectivity index (χ4v) is 6.61. The van der Waals surface area contributed by atoms with Crippen LogP contribution in [-0.2, 0) is 20.4 Å². The van der Waals surface area contributed by atoms with Gasteiger partial charge in [-0.15, -0.1) is 0 Å². The van der Waals surface area contributed by atoms with Crippen LogP contribution in [0.2, 0.25) is 0 Å². The Hall–Kier alpha value is -3.43. The number of methoxy groups -OCH3 is 3. The monoisotopic (exact) mass is 525 g/mol. The molecule has 1 aliphatic rings. The van der Waals surface area contributed by atoms with Gasteiger partial charge in [-0.3, -0.25) is 4.79 Å². The number of fused-ring (bicyclic) bond motifs is 1. The first-order valence-electron chi connectivity index (χ1n) is 11.1. The van der Waals surface area contributed by atoms with Crippen LogP contribution in [0.25, 0.3) is 6.08 Å². The molecular weight excluding hydrogens is 498 g/mol. The summed E-state index contributed by atoms with van der Waals surface area (Å²) in [4.78, 5) is 14.1. The Morgan fingerprint density at radius 2 is 1.56 bits per heavy atom. The molecule has 0 bridgehead atoms. The van der Waals surface area contributed by atoms with Crippen molar-refractivity contribution in [2.75, 3.05) is 26.6 Å². The van der Waals surface area contributed by atoms with Gasteiger partial charge in [-0.2, -0.15) is 0 Å². The van der Waals surface area contributed by atoms with E-state index in [-0.39, 0.29) is 16.6 Å². The second-order valence-electron chi connectivity index (χ2n) is 8.30. The van der Waals surface area contributed by atoms with Crippen LogP contribution in [0.1, 0.15) is 22.3 Å². The Balaban J connectivity index is 1.71. The summed E-state index contributed by atoms with van der Waals surface area (Å²) in [6, 6.07) is 13.9. The summed E-state index contributed by atoms with van der Waals surface area (Å²) in [6.07, 6.45) is 1.66. The minimum absolute atomic E-state index is 0.0930. The molecule has 9 heteroatoms. The molecule has 188 valence electrons. The van der Waals surface area contributed by atoms with Crippen LogP contribution in [0.5, 0.6) is 17.2 Å². The highest BCUT2D eigenvalue weighted by molar-refractivity contribution is 8.04.